The predicted molar refractivity (Wildman–Crippen MR) is 200 cm³/mol. The van der Waals surface area contributed by atoms with Crippen LogP contribution in [0.25, 0.3) is 33.2 Å². The second-order valence-electron chi connectivity index (χ2n) is 11.5. The van der Waals surface area contributed by atoms with Gasteiger partial charge in [-0.25, -0.2) is 4.98 Å². The molecule has 0 saturated carbocycles. The second kappa shape index (κ2) is 13.0. The molecule has 8 aromatic rings. The smallest absolute Gasteiger partial charge is 0.288 e. The average Bonchev–Trinajstić information content (AvgIpc) is 3.15. The van der Waals surface area contributed by atoms with Gasteiger partial charge in [0.2, 0.25) is 0 Å². The lowest BCUT2D eigenvalue weighted by molar-refractivity contribution is -0.587. The lowest BCUT2D eigenvalue weighted by Gasteiger charge is -2.24. The quantitative estimate of drug-likeness (QED) is 0.0954. The predicted octanol–water partition coefficient (Wildman–Crippen LogP) is 10.4. The Morgan fingerprint density at radius 1 is 0.396 bits per heavy atom. The zero-order valence-corrected chi connectivity index (χ0v) is 26.1. The molecule has 0 unspecified atom stereocenters. The van der Waals surface area contributed by atoms with Crippen LogP contribution in [0.4, 0.5) is 39.8 Å². The van der Waals surface area contributed by atoms with Crippen molar-refractivity contribution in [3.8, 4) is 11.1 Å². The van der Waals surface area contributed by atoms with Crippen LogP contribution in [0.5, 0.6) is 0 Å². The van der Waals surface area contributed by atoms with Crippen LogP contribution in [-0.4, -0.2) is 4.98 Å². The van der Waals surface area contributed by atoms with Crippen LogP contribution in [0.15, 0.2) is 176 Å². The zero-order chi connectivity index (χ0) is 32.1. The summed E-state index contributed by atoms with van der Waals surface area (Å²) in [5.41, 5.74) is 15.7. The summed E-state index contributed by atoms with van der Waals surface area (Å²) in [6.45, 7) is 0. The van der Waals surface area contributed by atoms with E-state index in [1.165, 1.54) is 0 Å². The fourth-order valence-corrected chi connectivity index (χ4v) is 6.05. The van der Waals surface area contributed by atoms with E-state index in [-0.39, 0.29) is 0 Å². The van der Waals surface area contributed by atoms with Crippen molar-refractivity contribution in [3.63, 3.8) is 0 Å². The molecular weight excluding hydrogens is 589 g/mol. The van der Waals surface area contributed by atoms with Crippen molar-refractivity contribution in [3.05, 3.63) is 176 Å². The molecule has 0 aliphatic heterocycles. The van der Waals surface area contributed by atoms with E-state index in [4.69, 9.17) is 4.98 Å². The molecule has 4 N–H and O–H groups in total. The number of benzene rings is 7. The van der Waals surface area contributed by atoms with Crippen molar-refractivity contribution in [2.75, 3.05) is 21.4 Å². The number of hydrogen-bond donors (Lipinski definition) is 4. The monoisotopic (exact) mass is 621 g/mol. The first-order chi connectivity index (χ1) is 23.8. The summed E-state index contributed by atoms with van der Waals surface area (Å²) in [4.78, 5) is 5.44. The van der Waals surface area contributed by atoms with Gasteiger partial charge in [0.25, 0.3) is 11.0 Å². The zero-order valence-electron chi connectivity index (χ0n) is 26.1. The minimum Gasteiger partial charge on any atom is -0.353 e. The van der Waals surface area contributed by atoms with Crippen LogP contribution in [0.3, 0.4) is 0 Å². The number of rotatable bonds is 9. The SMILES string of the molecule is c1ccc(Nc2c(Nc3ccccc3)c(Nc3ccccc3)c3c(nc4ccccc4[n+]3Nc3ccccc3)c2-c2ccccc2)cc1. The summed E-state index contributed by atoms with van der Waals surface area (Å²) in [6, 6.07) is 59.8. The molecular formula is C42H33N6+. The Labute approximate surface area is 279 Å². The van der Waals surface area contributed by atoms with Gasteiger partial charge in [0, 0.05) is 28.7 Å². The van der Waals surface area contributed by atoms with Crippen molar-refractivity contribution in [1.29, 1.82) is 0 Å². The Kier molecular flexibility index (Phi) is 7.79. The van der Waals surface area contributed by atoms with Gasteiger partial charge in [-0.05, 0) is 60.2 Å². The molecule has 1 aromatic heterocycles. The number of aromatic nitrogens is 2. The number of fused-ring (bicyclic) bond motifs is 2. The van der Waals surface area contributed by atoms with E-state index in [9.17, 15) is 0 Å². The van der Waals surface area contributed by atoms with Crippen molar-refractivity contribution in [2.24, 2.45) is 0 Å². The van der Waals surface area contributed by atoms with E-state index < -0.39 is 0 Å². The Balaban J connectivity index is 1.56. The van der Waals surface area contributed by atoms with E-state index in [2.05, 4.69) is 117 Å². The number of hydrogen-bond acceptors (Lipinski definition) is 5. The first-order valence-electron chi connectivity index (χ1n) is 16.0. The van der Waals surface area contributed by atoms with E-state index >= 15 is 0 Å². The van der Waals surface area contributed by atoms with Gasteiger partial charge in [-0.2, -0.15) is 5.43 Å². The molecule has 0 amide bonds. The van der Waals surface area contributed by atoms with E-state index in [1.54, 1.807) is 0 Å². The van der Waals surface area contributed by atoms with Gasteiger partial charge in [-0.3, -0.25) is 0 Å². The summed E-state index contributed by atoms with van der Waals surface area (Å²) in [7, 11) is 0. The van der Waals surface area contributed by atoms with Crippen molar-refractivity contribution in [1.82, 2.24) is 4.98 Å². The summed E-state index contributed by atoms with van der Waals surface area (Å²) in [5, 5.41) is 11.5. The lowest BCUT2D eigenvalue weighted by atomic mass is 9.97. The number of para-hydroxylation sites is 6. The molecule has 0 saturated heterocycles. The molecule has 6 heteroatoms. The second-order valence-corrected chi connectivity index (χ2v) is 11.5. The first kappa shape index (κ1) is 28.8. The first-order valence-corrected chi connectivity index (χ1v) is 16.0. The minimum atomic E-state index is 0.832. The molecule has 8 rings (SSSR count). The summed E-state index contributed by atoms with van der Waals surface area (Å²) in [6.07, 6.45) is 0. The Morgan fingerprint density at radius 3 is 1.40 bits per heavy atom. The van der Waals surface area contributed by atoms with Crippen LogP contribution in [0, 0.1) is 0 Å². The van der Waals surface area contributed by atoms with Gasteiger partial charge in [0.15, 0.2) is 5.52 Å². The van der Waals surface area contributed by atoms with Crippen LogP contribution in [0.1, 0.15) is 0 Å². The van der Waals surface area contributed by atoms with Crippen LogP contribution >= 0.6 is 0 Å². The summed E-state index contributed by atoms with van der Waals surface area (Å²) >= 11 is 0. The Hall–Kier alpha value is -6.66. The highest BCUT2D eigenvalue weighted by molar-refractivity contribution is 6.14. The van der Waals surface area contributed by atoms with Gasteiger partial charge in [0.1, 0.15) is 11.2 Å². The van der Waals surface area contributed by atoms with Gasteiger partial charge in [-0.1, -0.05) is 120 Å². The number of nitrogens with one attached hydrogen (secondary N) is 4. The van der Waals surface area contributed by atoms with Gasteiger partial charge >= 0.3 is 0 Å². The van der Waals surface area contributed by atoms with Crippen molar-refractivity contribution >= 4 is 61.9 Å². The topological polar surface area (TPSA) is 64.9 Å². The fourth-order valence-electron chi connectivity index (χ4n) is 6.05. The Bertz CT molecular complexity index is 2310. The molecule has 0 spiro atoms. The largest absolute Gasteiger partial charge is 0.353 e. The fraction of sp³-hybridized carbons (Fsp3) is 0. The third kappa shape index (κ3) is 5.74. The highest BCUT2D eigenvalue weighted by Crippen LogP contribution is 2.48. The molecule has 0 aliphatic rings. The van der Waals surface area contributed by atoms with Crippen LogP contribution < -0.4 is 26.1 Å². The average molecular weight is 622 g/mol. The van der Waals surface area contributed by atoms with Gasteiger partial charge in [-0.15, -0.1) is 0 Å². The van der Waals surface area contributed by atoms with E-state index in [0.29, 0.717) is 0 Å². The maximum atomic E-state index is 5.44. The van der Waals surface area contributed by atoms with Gasteiger partial charge < -0.3 is 16.0 Å². The van der Waals surface area contributed by atoms with E-state index in [0.717, 1.165) is 73.0 Å². The van der Waals surface area contributed by atoms with Crippen molar-refractivity contribution < 1.29 is 4.68 Å². The highest BCUT2D eigenvalue weighted by Gasteiger charge is 2.31. The number of anilines is 7. The standard InChI is InChI=1S/C42H32N6/c1-6-18-30(19-7-1)37-38(43-31-20-8-2-9-21-31)40(44-32-22-10-3-11-23-32)41(45-33-24-12-4-13-25-33)42-39(37)46-35-28-16-17-29-36(35)48(42)47-34-26-14-5-15-27-34/h1-29,47H,(H2,43,45,46)/p+1. The summed E-state index contributed by atoms with van der Waals surface area (Å²) in [5.74, 6) is 0. The molecule has 0 bridgehead atoms. The van der Waals surface area contributed by atoms with E-state index in [1.807, 2.05) is 84.9 Å². The molecule has 7 aromatic carbocycles. The van der Waals surface area contributed by atoms with Gasteiger partial charge in [0.05, 0.1) is 17.1 Å². The molecule has 6 nitrogen and oxygen atoms in total. The normalized spacial score (nSPS) is 10.9. The maximum Gasteiger partial charge on any atom is 0.288 e. The van der Waals surface area contributed by atoms with Crippen LogP contribution in [-0.2, 0) is 0 Å². The van der Waals surface area contributed by atoms with Crippen LogP contribution in [0.2, 0.25) is 0 Å². The molecule has 0 radical (unpaired) electrons. The van der Waals surface area contributed by atoms with Crippen molar-refractivity contribution in [2.45, 2.75) is 0 Å². The number of nitrogens with zero attached hydrogens (tertiary/aromatic N) is 2. The molecule has 48 heavy (non-hydrogen) atoms. The third-order valence-corrected chi connectivity index (χ3v) is 8.23. The summed E-state index contributed by atoms with van der Waals surface area (Å²) < 4.78 is 2.16. The lowest BCUT2D eigenvalue weighted by Crippen LogP contribution is -2.44. The Morgan fingerprint density at radius 2 is 0.833 bits per heavy atom. The molecule has 0 aliphatic carbocycles. The minimum absolute atomic E-state index is 0.832. The molecule has 1 heterocycles. The molecule has 230 valence electrons. The highest BCUT2D eigenvalue weighted by atomic mass is 15.4. The molecule has 0 fully saturated rings. The third-order valence-electron chi connectivity index (χ3n) is 8.23. The molecule has 0 atom stereocenters. The maximum absolute atomic E-state index is 5.44.